The summed E-state index contributed by atoms with van der Waals surface area (Å²) in [5.41, 5.74) is 1.50. The topological polar surface area (TPSA) is 71.2 Å². The van der Waals surface area contributed by atoms with E-state index in [2.05, 4.69) is 29.9 Å². The summed E-state index contributed by atoms with van der Waals surface area (Å²) in [5, 5.41) is 10.3. The predicted molar refractivity (Wildman–Crippen MR) is 114 cm³/mol. The van der Waals surface area contributed by atoms with Gasteiger partial charge >= 0.3 is 11.9 Å². The zero-order chi connectivity index (χ0) is 22.5. The fraction of sp³-hybridized carbons (Fsp3) is 0.571. The summed E-state index contributed by atoms with van der Waals surface area (Å²) in [7, 11) is 0. The molecule has 1 aromatic rings. The van der Waals surface area contributed by atoms with Gasteiger partial charge in [0.05, 0.1) is 17.6 Å². The fourth-order valence-corrected chi connectivity index (χ4v) is 5.48. The molecule has 0 amide bonds. The van der Waals surface area contributed by atoms with Crippen LogP contribution in [-0.2, 0) is 6.54 Å². The van der Waals surface area contributed by atoms with E-state index in [0.29, 0.717) is 24.8 Å². The molecule has 6 nitrogen and oxygen atoms in total. The van der Waals surface area contributed by atoms with E-state index in [1.807, 2.05) is 6.08 Å². The van der Waals surface area contributed by atoms with Gasteiger partial charge in [0, 0.05) is 18.3 Å². The highest BCUT2D eigenvalue weighted by atomic mass is 32.2. The average Bonchev–Trinajstić information content (AvgIpc) is 3.16. The molecule has 0 fully saturated rings. The number of hydrogen-bond donors (Lipinski definition) is 1. The highest BCUT2D eigenvalue weighted by Gasteiger charge is 2.39. The molecule has 1 N–H and O–H groups in total. The molecular formula is C21H25F3N4O2S. The number of halogens is 3. The van der Waals surface area contributed by atoms with Crippen LogP contribution in [0.5, 0.6) is 0 Å². The number of allylic oxidation sites excluding steroid dienone is 3. The summed E-state index contributed by atoms with van der Waals surface area (Å²) in [6, 6.07) is 0. The van der Waals surface area contributed by atoms with E-state index in [1.165, 1.54) is 10.6 Å². The molecule has 0 spiro atoms. The molecule has 0 bridgehead atoms. The maximum absolute atomic E-state index is 12.9. The largest absolute Gasteiger partial charge is 0.421 e. The first-order valence-electron chi connectivity index (χ1n) is 10.3. The summed E-state index contributed by atoms with van der Waals surface area (Å²) in [6.07, 6.45) is 0.527. The number of rotatable bonds is 3. The molecule has 3 unspecified atom stereocenters. The van der Waals surface area contributed by atoms with E-state index in [1.54, 1.807) is 11.8 Å². The molecule has 31 heavy (non-hydrogen) atoms. The Balaban J connectivity index is 1.52. The summed E-state index contributed by atoms with van der Waals surface area (Å²) in [5.74, 6) is 1.22. The van der Waals surface area contributed by atoms with Gasteiger partial charge < -0.3 is 10.0 Å². The van der Waals surface area contributed by atoms with Crippen LogP contribution >= 0.6 is 11.8 Å². The van der Waals surface area contributed by atoms with Crippen molar-refractivity contribution < 1.29 is 18.3 Å². The van der Waals surface area contributed by atoms with Crippen LogP contribution in [0.25, 0.3) is 0 Å². The Morgan fingerprint density at radius 2 is 2.03 bits per heavy atom. The SMILES string of the molecule is Cc1nc(N2CC3=C(C(C)C(C)C=C3)[C@@H](O)C2)nc(=O)n1CC1CC=C(C(F)(F)F)S1. The summed E-state index contributed by atoms with van der Waals surface area (Å²) >= 11 is 0.739. The van der Waals surface area contributed by atoms with Crippen LogP contribution in [-0.4, -0.2) is 50.3 Å². The Morgan fingerprint density at radius 3 is 2.68 bits per heavy atom. The monoisotopic (exact) mass is 454 g/mol. The molecule has 4 atom stereocenters. The molecule has 4 rings (SSSR count). The second kappa shape index (κ2) is 8.12. The van der Waals surface area contributed by atoms with Crippen molar-refractivity contribution in [1.29, 1.82) is 0 Å². The van der Waals surface area contributed by atoms with E-state index < -0.39 is 22.9 Å². The molecule has 10 heteroatoms. The molecule has 1 aromatic heterocycles. The summed E-state index contributed by atoms with van der Waals surface area (Å²) < 4.78 is 39.9. The Kier molecular flexibility index (Phi) is 5.80. The molecule has 1 aliphatic carbocycles. The standard InChI is InChI=1S/C21H25F3N4O2S/c1-11-4-5-14-8-27(10-16(29)18(14)12(11)2)19-25-13(3)28(20(30)26-19)9-15-6-7-17(31-15)21(22,23)24/h4-5,7,11-12,15-16,29H,6,8-10H2,1-3H3/t11?,12?,15?,16-/m0/s1. The lowest BCUT2D eigenvalue weighted by atomic mass is 9.77. The van der Waals surface area contributed by atoms with Gasteiger partial charge in [-0.1, -0.05) is 32.1 Å². The third-order valence-corrected chi connectivity index (χ3v) is 7.58. The van der Waals surface area contributed by atoms with Crippen molar-refractivity contribution in [2.24, 2.45) is 11.8 Å². The number of anilines is 1. The first kappa shape index (κ1) is 22.1. The maximum atomic E-state index is 12.9. The Hall–Kier alpha value is -2.07. The highest BCUT2D eigenvalue weighted by molar-refractivity contribution is 8.04. The van der Waals surface area contributed by atoms with Crippen LogP contribution in [0.2, 0.25) is 0 Å². The fourth-order valence-electron chi connectivity index (χ4n) is 4.38. The van der Waals surface area contributed by atoms with Gasteiger partial charge in [0.2, 0.25) is 5.95 Å². The van der Waals surface area contributed by atoms with Gasteiger partial charge in [-0.05, 0) is 36.3 Å². The minimum atomic E-state index is -4.36. The third-order valence-electron chi connectivity index (χ3n) is 6.25. The molecule has 0 radical (unpaired) electrons. The zero-order valence-electron chi connectivity index (χ0n) is 17.6. The minimum Gasteiger partial charge on any atom is -0.387 e. The Bertz CT molecular complexity index is 1030. The zero-order valence-corrected chi connectivity index (χ0v) is 18.4. The summed E-state index contributed by atoms with van der Waals surface area (Å²) in [4.78, 5) is 22.4. The lowest BCUT2D eigenvalue weighted by Crippen LogP contribution is -2.45. The van der Waals surface area contributed by atoms with Gasteiger partial charge in [0.15, 0.2) is 0 Å². The minimum absolute atomic E-state index is 0.113. The number of β-amino-alcohol motifs (C(OH)–C–C–N with tert-alkyl or cyclic N) is 1. The first-order chi connectivity index (χ1) is 14.5. The van der Waals surface area contributed by atoms with Gasteiger partial charge in [-0.3, -0.25) is 4.57 Å². The molecule has 168 valence electrons. The number of alkyl halides is 3. The lowest BCUT2D eigenvalue weighted by molar-refractivity contribution is -0.0835. The van der Waals surface area contributed by atoms with Crippen LogP contribution < -0.4 is 10.6 Å². The highest BCUT2D eigenvalue weighted by Crippen LogP contribution is 2.43. The second-order valence-electron chi connectivity index (χ2n) is 8.39. The van der Waals surface area contributed by atoms with E-state index in [4.69, 9.17) is 0 Å². The third kappa shape index (κ3) is 4.32. The van der Waals surface area contributed by atoms with Gasteiger partial charge in [-0.25, -0.2) is 4.79 Å². The molecule has 0 aromatic carbocycles. The van der Waals surface area contributed by atoms with Crippen LogP contribution in [0.15, 0.2) is 39.1 Å². The number of thioether (sulfide) groups is 1. The predicted octanol–water partition coefficient (Wildman–Crippen LogP) is 3.22. The van der Waals surface area contributed by atoms with Crippen LogP contribution in [0.4, 0.5) is 19.1 Å². The lowest BCUT2D eigenvalue weighted by Gasteiger charge is -2.39. The van der Waals surface area contributed by atoms with Crippen LogP contribution in [0.1, 0.15) is 26.1 Å². The van der Waals surface area contributed by atoms with Crippen molar-refractivity contribution in [2.45, 2.75) is 51.3 Å². The molecule has 0 saturated heterocycles. The van der Waals surface area contributed by atoms with Crippen molar-refractivity contribution in [3.63, 3.8) is 0 Å². The van der Waals surface area contributed by atoms with Gasteiger partial charge in [-0.2, -0.15) is 23.1 Å². The maximum Gasteiger partial charge on any atom is 0.421 e. The smallest absolute Gasteiger partial charge is 0.387 e. The Labute approximate surface area is 182 Å². The molecular weight excluding hydrogens is 429 g/mol. The number of aliphatic hydroxyl groups excluding tert-OH is 1. The van der Waals surface area contributed by atoms with Crippen LogP contribution in [0.3, 0.4) is 0 Å². The van der Waals surface area contributed by atoms with Crippen molar-refractivity contribution in [1.82, 2.24) is 14.5 Å². The number of aromatic nitrogens is 3. The van der Waals surface area contributed by atoms with E-state index in [9.17, 15) is 23.1 Å². The van der Waals surface area contributed by atoms with Crippen molar-refractivity contribution >= 4 is 17.7 Å². The second-order valence-corrected chi connectivity index (χ2v) is 9.73. The Morgan fingerprint density at radius 1 is 1.29 bits per heavy atom. The molecule has 2 aliphatic heterocycles. The normalized spacial score (nSPS) is 28.7. The van der Waals surface area contributed by atoms with Crippen molar-refractivity contribution in [3.8, 4) is 0 Å². The van der Waals surface area contributed by atoms with Gasteiger partial charge in [0.25, 0.3) is 0 Å². The quantitative estimate of drug-likeness (QED) is 0.756. The molecule has 0 saturated carbocycles. The number of aryl methyl sites for hydroxylation is 1. The van der Waals surface area contributed by atoms with Gasteiger partial charge in [-0.15, -0.1) is 11.8 Å². The molecule has 3 aliphatic rings. The average molecular weight is 455 g/mol. The van der Waals surface area contributed by atoms with Crippen molar-refractivity contribution in [2.75, 3.05) is 18.0 Å². The summed E-state index contributed by atoms with van der Waals surface area (Å²) in [6.45, 7) is 6.78. The first-order valence-corrected chi connectivity index (χ1v) is 11.2. The van der Waals surface area contributed by atoms with E-state index >= 15 is 0 Å². The van der Waals surface area contributed by atoms with E-state index in [0.717, 1.165) is 22.9 Å². The van der Waals surface area contributed by atoms with Gasteiger partial charge in [0.1, 0.15) is 5.82 Å². The molecule has 3 heterocycles. The van der Waals surface area contributed by atoms with Crippen LogP contribution in [0, 0.1) is 18.8 Å². The number of nitrogens with zero attached hydrogens (tertiary/aromatic N) is 4. The number of aliphatic hydroxyl groups is 1. The number of hydrogen-bond acceptors (Lipinski definition) is 6. The van der Waals surface area contributed by atoms with E-state index in [-0.39, 0.29) is 30.1 Å². The van der Waals surface area contributed by atoms with Crippen molar-refractivity contribution in [3.05, 3.63) is 50.6 Å².